The number of rotatable bonds is 4. The zero-order chi connectivity index (χ0) is 18.0. The van der Waals surface area contributed by atoms with Gasteiger partial charge in [-0.05, 0) is 24.6 Å². The summed E-state index contributed by atoms with van der Waals surface area (Å²) in [7, 11) is 0. The Labute approximate surface area is 146 Å². The number of amides is 1. The second kappa shape index (κ2) is 6.58. The zero-order valence-electron chi connectivity index (χ0n) is 14.9. The molecule has 0 radical (unpaired) electrons. The molecular weight excluding hydrogens is 316 g/mol. The molecule has 0 bridgehead atoms. The van der Waals surface area contributed by atoms with E-state index in [0.717, 1.165) is 17.8 Å². The maximum atomic E-state index is 12.8. The fourth-order valence-corrected chi connectivity index (χ4v) is 2.66. The van der Waals surface area contributed by atoms with Crippen molar-refractivity contribution < 1.29 is 4.79 Å². The molecule has 0 aromatic carbocycles. The van der Waals surface area contributed by atoms with Crippen LogP contribution < -0.4 is 5.32 Å². The van der Waals surface area contributed by atoms with Gasteiger partial charge in [0.15, 0.2) is 0 Å². The third-order valence-corrected chi connectivity index (χ3v) is 4.01. The standard InChI is InChI=1S/C18H22N6O/c1-5-12(13-8-6-7-9-19-13)22-16(25)14-10-15(18(2,3)4)24-17(23-14)20-11-21-24/h6-12H,5H2,1-4H3,(H,22,25)/t12-/m0/s1. The van der Waals surface area contributed by atoms with Crippen LogP contribution in [0.3, 0.4) is 0 Å². The maximum absolute atomic E-state index is 12.8. The molecule has 1 atom stereocenters. The lowest BCUT2D eigenvalue weighted by Gasteiger charge is -2.21. The van der Waals surface area contributed by atoms with E-state index in [1.54, 1.807) is 16.8 Å². The second-order valence-electron chi connectivity index (χ2n) is 6.94. The zero-order valence-corrected chi connectivity index (χ0v) is 14.9. The first-order valence-electron chi connectivity index (χ1n) is 8.33. The molecule has 3 heterocycles. The molecule has 25 heavy (non-hydrogen) atoms. The van der Waals surface area contributed by atoms with Crippen LogP contribution in [0.4, 0.5) is 0 Å². The van der Waals surface area contributed by atoms with E-state index in [9.17, 15) is 4.79 Å². The molecular formula is C18H22N6O. The van der Waals surface area contributed by atoms with Gasteiger partial charge < -0.3 is 5.32 Å². The van der Waals surface area contributed by atoms with Crippen molar-refractivity contribution in [2.75, 3.05) is 0 Å². The number of hydrogen-bond donors (Lipinski definition) is 1. The summed E-state index contributed by atoms with van der Waals surface area (Å²) in [5.74, 6) is 0.178. The summed E-state index contributed by atoms with van der Waals surface area (Å²) in [5, 5.41) is 7.23. The van der Waals surface area contributed by atoms with Gasteiger partial charge in [-0.15, -0.1) is 0 Å². The lowest BCUT2D eigenvalue weighted by Crippen LogP contribution is -2.30. The number of fused-ring (bicyclic) bond motifs is 1. The number of aromatic nitrogens is 5. The van der Waals surface area contributed by atoms with Crippen LogP contribution in [0.5, 0.6) is 0 Å². The third-order valence-electron chi connectivity index (χ3n) is 4.01. The molecule has 3 aromatic rings. The first-order chi connectivity index (χ1) is 11.9. The van der Waals surface area contributed by atoms with E-state index in [1.165, 1.54) is 6.33 Å². The molecule has 0 saturated carbocycles. The van der Waals surface area contributed by atoms with E-state index >= 15 is 0 Å². The molecule has 0 spiro atoms. The molecule has 0 aliphatic carbocycles. The topological polar surface area (TPSA) is 85.1 Å². The molecule has 0 fully saturated rings. The quantitative estimate of drug-likeness (QED) is 0.790. The van der Waals surface area contributed by atoms with Crippen molar-refractivity contribution >= 4 is 11.7 Å². The van der Waals surface area contributed by atoms with Crippen molar-refractivity contribution in [1.29, 1.82) is 0 Å². The van der Waals surface area contributed by atoms with Gasteiger partial charge in [0.2, 0.25) is 0 Å². The highest BCUT2D eigenvalue weighted by Gasteiger charge is 2.23. The number of carbonyl (C=O) groups is 1. The molecule has 0 aliphatic rings. The molecule has 1 N–H and O–H groups in total. The SMILES string of the molecule is CC[C@H](NC(=O)c1cc(C(C)(C)C)n2ncnc2n1)c1ccccn1. The van der Waals surface area contributed by atoms with Crippen LogP contribution in [0.2, 0.25) is 0 Å². The molecule has 7 nitrogen and oxygen atoms in total. The second-order valence-corrected chi connectivity index (χ2v) is 6.94. The van der Waals surface area contributed by atoms with Gasteiger partial charge in [-0.2, -0.15) is 10.1 Å². The molecule has 7 heteroatoms. The van der Waals surface area contributed by atoms with Crippen LogP contribution in [0.25, 0.3) is 5.78 Å². The Morgan fingerprint density at radius 3 is 2.72 bits per heavy atom. The molecule has 0 unspecified atom stereocenters. The molecule has 3 rings (SSSR count). The summed E-state index contributed by atoms with van der Waals surface area (Å²) >= 11 is 0. The fourth-order valence-electron chi connectivity index (χ4n) is 2.66. The maximum Gasteiger partial charge on any atom is 0.270 e. The first kappa shape index (κ1) is 17.0. The number of pyridine rings is 1. The normalized spacial score (nSPS) is 13.0. The number of nitrogens with one attached hydrogen (secondary N) is 1. The highest BCUT2D eigenvalue weighted by Crippen LogP contribution is 2.23. The minimum absolute atomic E-state index is 0.164. The minimum Gasteiger partial charge on any atom is -0.342 e. The third kappa shape index (κ3) is 3.50. The average molecular weight is 338 g/mol. The minimum atomic E-state index is -0.242. The Hall–Kier alpha value is -2.83. The summed E-state index contributed by atoms with van der Waals surface area (Å²) in [6, 6.07) is 7.29. The van der Waals surface area contributed by atoms with Gasteiger partial charge in [0.25, 0.3) is 11.7 Å². The smallest absolute Gasteiger partial charge is 0.270 e. The van der Waals surface area contributed by atoms with Crippen molar-refractivity contribution in [3.63, 3.8) is 0 Å². The van der Waals surface area contributed by atoms with E-state index in [2.05, 4.69) is 46.1 Å². The van der Waals surface area contributed by atoms with Gasteiger partial charge >= 0.3 is 0 Å². The number of hydrogen-bond acceptors (Lipinski definition) is 5. The van der Waals surface area contributed by atoms with Gasteiger partial charge in [0.05, 0.1) is 17.4 Å². The summed E-state index contributed by atoms with van der Waals surface area (Å²) in [4.78, 5) is 25.6. The summed E-state index contributed by atoms with van der Waals surface area (Å²) < 4.78 is 1.67. The van der Waals surface area contributed by atoms with Gasteiger partial charge in [-0.25, -0.2) is 9.50 Å². The number of carbonyl (C=O) groups excluding carboxylic acids is 1. The highest BCUT2D eigenvalue weighted by atomic mass is 16.1. The van der Waals surface area contributed by atoms with Crippen LogP contribution in [0, 0.1) is 0 Å². The average Bonchev–Trinajstić information content (AvgIpc) is 3.06. The monoisotopic (exact) mass is 338 g/mol. The Balaban J connectivity index is 1.94. The Kier molecular flexibility index (Phi) is 4.48. The largest absolute Gasteiger partial charge is 0.342 e. The van der Waals surface area contributed by atoms with Gasteiger partial charge in [-0.3, -0.25) is 9.78 Å². The van der Waals surface area contributed by atoms with Gasteiger partial charge in [-0.1, -0.05) is 33.8 Å². The highest BCUT2D eigenvalue weighted by molar-refractivity contribution is 5.93. The first-order valence-corrected chi connectivity index (χ1v) is 8.33. The van der Waals surface area contributed by atoms with Crippen LogP contribution >= 0.6 is 0 Å². The fraction of sp³-hybridized carbons (Fsp3) is 0.389. The predicted molar refractivity (Wildman–Crippen MR) is 94.2 cm³/mol. The molecule has 0 saturated heterocycles. The van der Waals surface area contributed by atoms with Gasteiger partial charge in [0.1, 0.15) is 12.0 Å². The van der Waals surface area contributed by atoms with Crippen molar-refractivity contribution in [1.82, 2.24) is 29.9 Å². The predicted octanol–water partition coefficient (Wildman–Crippen LogP) is 2.70. The lowest BCUT2D eigenvalue weighted by molar-refractivity contribution is 0.0929. The van der Waals surface area contributed by atoms with E-state index in [0.29, 0.717) is 11.5 Å². The van der Waals surface area contributed by atoms with E-state index < -0.39 is 0 Å². The molecule has 1 amide bonds. The van der Waals surface area contributed by atoms with Crippen LogP contribution in [0.1, 0.15) is 62.0 Å². The summed E-state index contributed by atoms with van der Waals surface area (Å²) in [6.07, 6.45) is 3.91. The number of nitrogens with zero attached hydrogens (tertiary/aromatic N) is 5. The van der Waals surface area contributed by atoms with E-state index in [-0.39, 0.29) is 17.4 Å². The van der Waals surface area contributed by atoms with Crippen molar-refractivity contribution in [3.8, 4) is 0 Å². The van der Waals surface area contributed by atoms with Crippen molar-refractivity contribution in [2.45, 2.75) is 45.6 Å². The van der Waals surface area contributed by atoms with Crippen LogP contribution in [-0.2, 0) is 5.41 Å². The molecule has 0 aliphatic heterocycles. The Morgan fingerprint density at radius 2 is 2.08 bits per heavy atom. The molecule has 130 valence electrons. The van der Waals surface area contributed by atoms with E-state index in [4.69, 9.17) is 0 Å². The van der Waals surface area contributed by atoms with Crippen LogP contribution in [0.15, 0.2) is 36.8 Å². The van der Waals surface area contributed by atoms with E-state index in [1.807, 2.05) is 25.1 Å². The summed E-state index contributed by atoms with van der Waals surface area (Å²) in [6.45, 7) is 8.20. The summed E-state index contributed by atoms with van der Waals surface area (Å²) in [5.41, 5.74) is 1.85. The van der Waals surface area contributed by atoms with Crippen molar-refractivity contribution in [3.05, 3.63) is 53.9 Å². The lowest BCUT2D eigenvalue weighted by atomic mass is 9.91. The Bertz CT molecular complexity index is 881. The molecule has 3 aromatic heterocycles. The van der Waals surface area contributed by atoms with Crippen molar-refractivity contribution in [2.24, 2.45) is 0 Å². The van der Waals surface area contributed by atoms with Crippen LogP contribution in [-0.4, -0.2) is 30.5 Å². The van der Waals surface area contributed by atoms with Gasteiger partial charge in [0, 0.05) is 11.6 Å². The Morgan fingerprint density at radius 1 is 1.28 bits per heavy atom.